The zero-order chi connectivity index (χ0) is 25.4. The van der Waals surface area contributed by atoms with Crippen molar-refractivity contribution < 1.29 is 14.6 Å². The van der Waals surface area contributed by atoms with Gasteiger partial charge in [-0.1, -0.05) is 34.9 Å². The summed E-state index contributed by atoms with van der Waals surface area (Å²) in [5, 5.41) is 9.31. The molecule has 2 aliphatic rings. The number of aryl methyl sites for hydroxylation is 1. The molecule has 35 heavy (non-hydrogen) atoms. The molecule has 0 spiro atoms. The lowest BCUT2D eigenvalue weighted by molar-refractivity contribution is 0.0528. The van der Waals surface area contributed by atoms with Gasteiger partial charge in [-0.2, -0.15) is 0 Å². The second-order valence-electron chi connectivity index (χ2n) is 11.1. The van der Waals surface area contributed by atoms with Crippen LogP contribution in [-0.2, 0) is 13.0 Å². The molecular weight excluding hydrogens is 434 g/mol. The number of hydrogen-bond acceptors (Lipinski definition) is 4. The SMILES string of the molecule is CC(C)=CCCC(C)=CCCC(C)=CCC[C@]1(C)CCc2cc3c(c(C)c2O1)CN(CCO)CO3. The number of fused-ring (bicyclic) bond motifs is 2. The highest BCUT2D eigenvalue weighted by Crippen LogP contribution is 2.43. The summed E-state index contributed by atoms with van der Waals surface area (Å²) in [7, 11) is 0. The van der Waals surface area contributed by atoms with Gasteiger partial charge in [-0.15, -0.1) is 0 Å². The van der Waals surface area contributed by atoms with Gasteiger partial charge < -0.3 is 14.6 Å². The van der Waals surface area contributed by atoms with Crippen molar-refractivity contribution in [1.82, 2.24) is 4.90 Å². The smallest absolute Gasteiger partial charge is 0.142 e. The van der Waals surface area contributed by atoms with Gasteiger partial charge >= 0.3 is 0 Å². The number of nitrogens with zero attached hydrogens (tertiary/aromatic N) is 1. The van der Waals surface area contributed by atoms with E-state index in [1.165, 1.54) is 39.8 Å². The summed E-state index contributed by atoms with van der Waals surface area (Å²) < 4.78 is 12.7. The van der Waals surface area contributed by atoms with Crippen molar-refractivity contribution in [2.75, 3.05) is 19.9 Å². The quantitative estimate of drug-likeness (QED) is 0.334. The molecular formula is C31H47NO3. The molecule has 1 atom stereocenters. The van der Waals surface area contributed by atoms with Crippen molar-refractivity contribution in [2.45, 2.75) is 105 Å². The second-order valence-corrected chi connectivity index (χ2v) is 11.1. The zero-order valence-corrected chi connectivity index (χ0v) is 23.0. The zero-order valence-electron chi connectivity index (χ0n) is 23.0. The van der Waals surface area contributed by atoms with Gasteiger partial charge in [0.1, 0.15) is 23.8 Å². The van der Waals surface area contributed by atoms with E-state index in [2.05, 4.69) is 70.7 Å². The van der Waals surface area contributed by atoms with Crippen LogP contribution in [0.3, 0.4) is 0 Å². The van der Waals surface area contributed by atoms with Crippen molar-refractivity contribution in [1.29, 1.82) is 0 Å². The molecule has 0 fully saturated rings. The van der Waals surface area contributed by atoms with Crippen LogP contribution in [0.1, 0.15) is 96.3 Å². The maximum absolute atomic E-state index is 9.31. The summed E-state index contributed by atoms with van der Waals surface area (Å²) in [5.41, 5.74) is 7.92. The Morgan fingerprint density at radius 2 is 1.74 bits per heavy atom. The molecule has 0 bridgehead atoms. The number of β-amino-alcohol motifs (C(OH)–C–C–N with tert-alkyl or cyclic N) is 1. The minimum absolute atomic E-state index is 0.134. The van der Waals surface area contributed by atoms with E-state index in [1.807, 2.05) is 0 Å². The first kappa shape index (κ1) is 27.5. The highest BCUT2D eigenvalue weighted by atomic mass is 16.5. The van der Waals surface area contributed by atoms with Gasteiger partial charge in [-0.05, 0) is 110 Å². The molecule has 1 N–H and O–H groups in total. The molecule has 0 saturated carbocycles. The summed E-state index contributed by atoms with van der Waals surface area (Å²) in [4.78, 5) is 2.14. The van der Waals surface area contributed by atoms with Crippen LogP contribution in [-0.4, -0.2) is 35.5 Å². The molecule has 0 unspecified atom stereocenters. The van der Waals surface area contributed by atoms with E-state index in [0.717, 1.165) is 63.0 Å². The monoisotopic (exact) mass is 481 g/mol. The van der Waals surface area contributed by atoms with Gasteiger partial charge in [0.2, 0.25) is 0 Å². The Labute approximate surface area is 213 Å². The lowest BCUT2D eigenvalue weighted by Crippen LogP contribution is -2.38. The summed E-state index contributed by atoms with van der Waals surface area (Å²) in [6.45, 7) is 15.4. The Kier molecular flexibility index (Phi) is 10.1. The van der Waals surface area contributed by atoms with Crippen LogP contribution in [0.15, 0.2) is 41.0 Å². The molecule has 1 aromatic carbocycles. The number of allylic oxidation sites excluding steroid dienone is 6. The summed E-state index contributed by atoms with van der Waals surface area (Å²) in [6, 6.07) is 2.19. The number of hydrogen-bond donors (Lipinski definition) is 1. The maximum atomic E-state index is 9.31. The highest BCUT2D eigenvalue weighted by molar-refractivity contribution is 5.54. The molecule has 0 radical (unpaired) electrons. The molecule has 194 valence electrons. The Balaban J connectivity index is 1.53. The van der Waals surface area contributed by atoms with Gasteiger partial charge in [0.25, 0.3) is 0 Å². The lowest BCUT2D eigenvalue weighted by atomic mass is 9.86. The van der Waals surface area contributed by atoms with Crippen LogP contribution >= 0.6 is 0 Å². The molecule has 0 aliphatic carbocycles. The first-order valence-corrected chi connectivity index (χ1v) is 13.5. The fourth-order valence-corrected chi connectivity index (χ4v) is 5.08. The lowest BCUT2D eigenvalue weighted by Gasteiger charge is -2.39. The van der Waals surface area contributed by atoms with E-state index in [1.54, 1.807) is 0 Å². The van der Waals surface area contributed by atoms with Crippen LogP contribution in [0.25, 0.3) is 0 Å². The predicted molar refractivity (Wildman–Crippen MR) is 146 cm³/mol. The van der Waals surface area contributed by atoms with Crippen molar-refractivity contribution >= 4 is 0 Å². The maximum Gasteiger partial charge on any atom is 0.142 e. The van der Waals surface area contributed by atoms with E-state index < -0.39 is 0 Å². The van der Waals surface area contributed by atoms with E-state index in [4.69, 9.17) is 9.47 Å². The fraction of sp³-hybridized carbons (Fsp3) is 0.613. The normalized spacial score (nSPS) is 20.5. The van der Waals surface area contributed by atoms with Gasteiger partial charge in [0.05, 0.1) is 6.61 Å². The molecule has 3 rings (SSSR count). The third-order valence-corrected chi connectivity index (χ3v) is 7.45. The second kappa shape index (κ2) is 12.8. The van der Waals surface area contributed by atoms with Gasteiger partial charge in [-0.25, -0.2) is 0 Å². The van der Waals surface area contributed by atoms with Gasteiger partial charge in [0.15, 0.2) is 0 Å². The number of aliphatic hydroxyl groups is 1. The van der Waals surface area contributed by atoms with E-state index in [9.17, 15) is 5.11 Å². The van der Waals surface area contributed by atoms with E-state index >= 15 is 0 Å². The fourth-order valence-electron chi connectivity index (χ4n) is 5.08. The van der Waals surface area contributed by atoms with E-state index in [0.29, 0.717) is 13.3 Å². The predicted octanol–water partition coefficient (Wildman–Crippen LogP) is 7.42. The number of rotatable bonds is 11. The van der Waals surface area contributed by atoms with Gasteiger partial charge in [-0.3, -0.25) is 4.90 Å². The molecule has 2 heterocycles. The number of benzene rings is 1. The molecule has 0 aromatic heterocycles. The Bertz CT molecular complexity index is 954. The summed E-state index contributed by atoms with van der Waals surface area (Å²) in [5.74, 6) is 2.05. The molecule has 1 aromatic rings. The van der Waals surface area contributed by atoms with Crippen LogP contribution < -0.4 is 9.47 Å². The minimum Gasteiger partial charge on any atom is -0.487 e. The first-order valence-electron chi connectivity index (χ1n) is 13.5. The topological polar surface area (TPSA) is 41.9 Å². The van der Waals surface area contributed by atoms with Crippen LogP contribution in [0.2, 0.25) is 0 Å². The van der Waals surface area contributed by atoms with Gasteiger partial charge in [0, 0.05) is 18.7 Å². The summed E-state index contributed by atoms with van der Waals surface area (Å²) >= 11 is 0. The first-order chi connectivity index (χ1) is 16.7. The average molecular weight is 482 g/mol. The average Bonchev–Trinajstić information content (AvgIpc) is 2.80. The standard InChI is InChI=1S/C31H47NO3/c1-23(2)10-7-11-24(3)12-8-13-25(4)14-9-16-31(6)17-15-27-20-29-28(26(5)30(27)35-31)21-32(18-19-33)22-34-29/h10,12,14,20,33H,7-9,11,13,15-19,21-22H2,1-6H3/t31-/m1/s1. The van der Waals surface area contributed by atoms with Crippen molar-refractivity contribution in [2.24, 2.45) is 0 Å². The number of ether oxygens (including phenoxy) is 2. The van der Waals surface area contributed by atoms with Crippen molar-refractivity contribution in [3.8, 4) is 11.5 Å². The summed E-state index contributed by atoms with van der Waals surface area (Å²) in [6.07, 6.45) is 15.9. The third kappa shape index (κ3) is 7.98. The Morgan fingerprint density at radius 3 is 2.43 bits per heavy atom. The largest absolute Gasteiger partial charge is 0.487 e. The van der Waals surface area contributed by atoms with Crippen molar-refractivity contribution in [3.05, 3.63) is 57.7 Å². The van der Waals surface area contributed by atoms with E-state index in [-0.39, 0.29) is 12.2 Å². The molecule has 0 saturated heterocycles. The molecule has 0 amide bonds. The van der Waals surface area contributed by atoms with Crippen LogP contribution in [0.5, 0.6) is 11.5 Å². The Morgan fingerprint density at radius 1 is 1.06 bits per heavy atom. The van der Waals surface area contributed by atoms with Crippen LogP contribution in [0, 0.1) is 6.92 Å². The van der Waals surface area contributed by atoms with Crippen molar-refractivity contribution in [3.63, 3.8) is 0 Å². The minimum atomic E-state index is -0.134. The molecule has 4 nitrogen and oxygen atoms in total. The van der Waals surface area contributed by atoms with Crippen LogP contribution in [0.4, 0.5) is 0 Å². The third-order valence-electron chi connectivity index (χ3n) is 7.45. The molecule has 2 aliphatic heterocycles. The highest BCUT2D eigenvalue weighted by Gasteiger charge is 2.34. The number of aliphatic hydroxyl groups excluding tert-OH is 1. The Hall–Kier alpha value is -2.04. The molecule has 4 heteroatoms.